The molecule has 2 aromatic heterocycles. The van der Waals surface area contributed by atoms with Crippen LogP contribution in [0.5, 0.6) is 0 Å². The number of hydrogen-bond donors (Lipinski definition) is 1. The Morgan fingerprint density at radius 1 is 1.58 bits per heavy atom. The molecule has 0 spiro atoms. The van der Waals surface area contributed by atoms with Gasteiger partial charge >= 0.3 is 0 Å². The van der Waals surface area contributed by atoms with Crippen molar-refractivity contribution in [3.05, 3.63) is 28.0 Å². The number of amides is 1. The van der Waals surface area contributed by atoms with Crippen molar-refractivity contribution in [2.75, 3.05) is 0 Å². The molecule has 0 aromatic carbocycles. The van der Waals surface area contributed by atoms with E-state index in [4.69, 9.17) is 4.42 Å². The number of nitrogens with one attached hydrogen (secondary N) is 1. The molecule has 0 unspecified atom stereocenters. The molecule has 2 heterocycles. The Morgan fingerprint density at radius 2 is 2.26 bits per heavy atom. The summed E-state index contributed by atoms with van der Waals surface area (Å²) in [6, 6.07) is 0.0392. The summed E-state index contributed by atoms with van der Waals surface area (Å²) >= 11 is 0. The molecule has 1 amide bonds. The molecule has 6 heteroatoms. The number of hydrogen-bond acceptors (Lipinski definition) is 4. The van der Waals surface area contributed by atoms with Crippen LogP contribution in [-0.2, 0) is 7.05 Å². The number of carbonyl (C=O) groups excluding carboxylic acids is 1. The molecule has 0 aliphatic heterocycles. The maximum absolute atomic E-state index is 12.2. The van der Waals surface area contributed by atoms with Gasteiger partial charge in [-0.25, -0.2) is 4.98 Å². The van der Waals surface area contributed by atoms with E-state index in [-0.39, 0.29) is 34.2 Å². The van der Waals surface area contributed by atoms with Crippen LogP contribution in [0, 0.1) is 6.92 Å². The summed E-state index contributed by atoms with van der Waals surface area (Å²) in [4.78, 5) is 28.4. The monoisotopic (exact) mass is 263 g/mol. The van der Waals surface area contributed by atoms with Crippen molar-refractivity contribution in [2.45, 2.75) is 33.2 Å². The predicted molar refractivity (Wildman–Crippen MR) is 71.2 cm³/mol. The van der Waals surface area contributed by atoms with E-state index in [0.29, 0.717) is 5.76 Å². The second-order valence-corrected chi connectivity index (χ2v) is 4.66. The van der Waals surface area contributed by atoms with Crippen LogP contribution in [0.25, 0.3) is 11.1 Å². The van der Waals surface area contributed by atoms with Gasteiger partial charge in [-0.1, -0.05) is 6.92 Å². The van der Waals surface area contributed by atoms with Crippen LogP contribution >= 0.6 is 0 Å². The lowest BCUT2D eigenvalue weighted by Crippen LogP contribution is -2.33. The van der Waals surface area contributed by atoms with Crippen molar-refractivity contribution in [3.63, 3.8) is 0 Å². The van der Waals surface area contributed by atoms with Gasteiger partial charge in [-0.05, 0) is 20.3 Å². The fourth-order valence-corrected chi connectivity index (χ4v) is 1.86. The Hall–Kier alpha value is -2.11. The van der Waals surface area contributed by atoms with Crippen LogP contribution in [0.3, 0.4) is 0 Å². The normalized spacial score (nSPS) is 12.6. The largest absolute Gasteiger partial charge is 0.442 e. The summed E-state index contributed by atoms with van der Waals surface area (Å²) < 4.78 is 6.72. The van der Waals surface area contributed by atoms with Crippen molar-refractivity contribution in [2.24, 2.45) is 7.05 Å². The van der Waals surface area contributed by atoms with E-state index in [1.165, 1.54) is 10.9 Å². The van der Waals surface area contributed by atoms with E-state index < -0.39 is 0 Å². The maximum Gasteiger partial charge on any atom is 0.265 e. The Morgan fingerprint density at radius 3 is 2.89 bits per heavy atom. The molecular formula is C13H17N3O3. The minimum atomic E-state index is -0.296. The van der Waals surface area contributed by atoms with Gasteiger partial charge in [0.25, 0.3) is 11.5 Å². The molecule has 102 valence electrons. The molecule has 1 atom stereocenters. The van der Waals surface area contributed by atoms with Gasteiger partial charge in [-0.3, -0.25) is 9.59 Å². The second-order valence-electron chi connectivity index (χ2n) is 4.66. The van der Waals surface area contributed by atoms with E-state index in [0.717, 1.165) is 6.42 Å². The first-order valence-corrected chi connectivity index (χ1v) is 6.21. The molecule has 19 heavy (non-hydrogen) atoms. The van der Waals surface area contributed by atoms with E-state index in [9.17, 15) is 9.59 Å². The highest BCUT2D eigenvalue weighted by atomic mass is 16.3. The molecule has 2 rings (SSSR count). The van der Waals surface area contributed by atoms with Crippen LogP contribution in [0.15, 0.2) is 15.5 Å². The average Bonchev–Trinajstić information content (AvgIpc) is 2.71. The van der Waals surface area contributed by atoms with E-state index in [1.807, 2.05) is 13.8 Å². The van der Waals surface area contributed by atoms with Crippen molar-refractivity contribution < 1.29 is 9.21 Å². The van der Waals surface area contributed by atoms with Gasteiger partial charge in [0, 0.05) is 13.1 Å². The fourth-order valence-electron chi connectivity index (χ4n) is 1.86. The van der Waals surface area contributed by atoms with Crippen molar-refractivity contribution in [1.29, 1.82) is 0 Å². The minimum absolute atomic E-state index is 0.0392. The third kappa shape index (κ3) is 2.25. The summed E-state index contributed by atoms with van der Waals surface area (Å²) in [7, 11) is 1.59. The topological polar surface area (TPSA) is 77.1 Å². The van der Waals surface area contributed by atoms with Gasteiger partial charge in [-0.15, -0.1) is 0 Å². The minimum Gasteiger partial charge on any atom is -0.442 e. The summed E-state index contributed by atoms with van der Waals surface area (Å²) in [5, 5.41) is 3.08. The Labute approximate surface area is 110 Å². The number of fused-ring (bicyclic) bond motifs is 1. The third-order valence-electron chi connectivity index (χ3n) is 3.17. The van der Waals surface area contributed by atoms with Crippen LogP contribution in [0.2, 0.25) is 0 Å². The zero-order valence-corrected chi connectivity index (χ0v) is 11.5. The van der Waals surface area contributed by atoms with Gasteiger partial charge in [0.15, 0.2) is 0 Å². The molecule has 0 saturated heterocycles. The molecular weight excluding hydrogens is 246 g/mol. The molecule has 0 bridgehead atoms. The zero-order chi connectivity index (χ0) is 14.2. The third-order valence-corrected chi connectivity index (χ3v) is 3.17. The van der Waals surface area contributed by atoms with Crippen LogP contribution < -0.4 is 10.9 Å². The summed E-state index contributed by atoms with van der Waals surface area (Å²) in [6.07, 6.45) is 2.20. The van der Waals surface area contributed by atoms with Gasteiger partial charge in [0.05, 0.1) is 5.56 Å². The quantitative estimate of drug-likeness (QED) is 0.907. The first-order chi connectivity index (χ1) is 8.95. The van der Waals surface area contributed by atoms with Crippen molar-refractivity contribution in [1.82, 2.24) is 14.9 Å². The van der Waals surface area contributed by atoms with Gasteiger partial charge < -0.3 is 14.3 Å². The molecule has 6 nitrogen and oxygen atoms in total. The SMILES string of the molecule is CC[C@@H](C)NC(=O)c1c(C)oc2ncn(C)c(=O)c12. The number of nitrogens with zero attached hydrogens (tertiary/aromatic N) is 2. The van der Waals surface area contributed by atoms with E-state index >= 15 is 0 Å². The molecule has 1 N–H and O–H groups in total. The highest BCUT2D eigenvalue weighted by molar-refractivity contribution is 6.06. The lowest BCUT2D eigenvalue weighted by Gasteiger charge is -2.10. The fraction of sp³-hybridized carbons (Fsp3) is 0.462. The molecule has 0 aliphatic rings. The molecule has 0 radical (unpaired) electrons. The number of furan rings is 1. The molecule has 0 saturated carbocycles. The van der Waals surface area contributed by atoms with Gasteiger partial charge in [-0.2, -0.15) is 0 Å². The first-order valence-electron chi connectivity index (χ1n) is 6.21. The van der Waals surface area contributed by atoms with Gasteiger partial charge in [0.1, 0.15) is 17.5 Å². The number of rotatable bonds is 3. The Bertz CT molecular complexity index is 684. The summed E-state index contributed by atoms with van der Waals surface area (Å²) in [5.74, 6) is 0.113. The highest BCUT2D eigenvalue weighted by Crippen LogP contribution is 2.20. The van der Waals surface area contributed by atoms with E-state index in [2.05, 4.69) is 10.3 Å². The predicted octanol–water partition coefficient (Wildman–Crippen LogP) is 1.36. The zero-order valence-electron chi connectivity index (χ0n) is 11.5. The van der Waals surface area contributed by atoms with Crippen molar-refractivity contribution >= 4 is 17.0 Å². The molecule has 0 fully saturated rings. The first kappa shape index (κ1) is 13.3. The summed E-state index contributed by atoms with van der Waals surface area (Å²) in [5.41, 5.74) is 0.204. The number of aromatic nitrogens is 2. The van der Waals surface area contributed by atoms with Crippen LogP contribution in [-0.4, -0.2) is 21.5 Å². The molecule has 0 aliphatic carbocycles. The standard InChI is InChI=1S/C13H17N3O3/c1-5-7(2)15-11(17)9-8(3)19-12-10(9)13(18)16(4)6-14-12/h6-7H,5H2,1-4H3,(H,15,17)/t7-/m1/s1. The van der Waals surface area contributed by atoms with E-state index in [1.54, 1.807) is 14.0 Å². The Kier molecular flexibility index (Phi) is 3.42. The van der Waals surface area contributed by atoms with Crippen LogP contribution in [0.1, 0.15) is 36.4 Å². The summed E-state index contributed by atoms with van der Waals surface area (Å²) in [6.45, 7) is 5.55. The number of aryl methyl sites for hydroxylation is 2. The lowest BCUT2D eigenvalue weighted by molar-refractivity contribution is 0.0939. The molecule has 2 aromatic rings. The Balaban J connectivity index is 2.60. The maximum atomic E-state index is 12.2. The van der Waals surface area contributed by atoms with Crippen molar-refractivity contribution in [3.8, 4) is 0 Å². The van der Waals surface area contributed by atoms with Gasteiger partial charge in [0.2, 0.25) is 5.71 Å². The van der Waals surface area contributed by atoms with Crippen LogP contribution in [0.4, 0.5) is 0 Å². The highest BCUT2D eigenvalue weighted by Gasteiger charge is 2.22. The second kappa shape index (κ2) is 4.87. The average molecular weight is 263 g/mol. The number of carbonyl (C=O) groups is 1. The lowest BCUT2D eigenvalue weighted by atomic mass is 10.1. The smallest absolute Gasteiger partial charge is 0.265 e.